The summed E-state index contributed by atoms with van der Waals surface area (Å²) < 4.78 is 29.2. The van der Waals surface area contributed by atoms with Crippen LogP contribution in [-0.4, -0.2) is 26.7 Å². The maximum Gasteiger partial charge on any atom is 0.335 e. The average Bonchev–Trinajstić information content (AvgIpc) is 2.86. The summed E-state index contributed by atoms with van der Waals surface area (Å²) in [4.78, 5) is 14.6. The Kier molecular flexibility index (Phi) is 3.97. The third-order valence-electron chi connectivity index (χ3n) is 2.72. The number of carboxylic acid groups (broad SMARTS) is 1. The third kappa shape index (κ3) is 3.11. The Labute approximate surface area is 113 Å². The molecule has 0 aliphatic heterocycles. The second kappa shape index (κ2) is 5.68. The van der Waals surface area contributed by atoms with Gasteiger partial charge in [-0.1, -0.05) is 0 Å². The van der Waals surface area contributed by atoms with E-state index in [0.29, 0.717) is 6.54 Å². The van der Waals surface area contributed by atoms with Crippen LogP contribution in [0.2, 0.25) is 0 Å². The number of rotatable bonds is 5. The second-order valence-electron chi connectivity index (χ2n) is 4.42. The molecule has 0 bridgehead atoms. The fraction of sp³-hybridized carbons (Fsp3) is 0.231. The monoisotopic (exact) mass is 281 g/mol. The molecular formula is C13H13F2N3O2. The number of imidazole rings is 1. The molecule has 0 aliphatic rings. The van der Waals surface area contributed by atoms with Crippen LogP contribution in [0.25, 0.3) is 0 Å². The van der Waals surface area contributed by atoms with Crippen LogP contribution in [0, 0.1) is 11.6 Å². The van der Waals surface area contributed by atoms with Crippen LogP contribution in [0.4, 0.5) is 14.5 Å². The summed E-state index contributed by atoms with van der Waals surface area (Å²) in [6, 6.07) is 1.32. The van der Waals surface area contributed by atoms with Crippen molar-refractivity contribution in [1.29, 1.82) is 0 Å². The quantitative estimate of drug-likeness (QED) is 0.883. The van der Waals surface area contributed by atoms with Gasteiger partial charge in [-0.15, -0.1) is 0 Å². The highest BCUT2D eigenvalue weighted by Gasteiger charge is 2.16. The molecule has 1 aromatic heterocycles. The first kappa shape index (κ1) is 14.0. The second-order valence-corrected chi connectivity index (χ2v) is 4.42. The molecule has 0 saturated heterocycles. The Morgan fingerprint density at radius 1 is 1.45 bits per heavy atom. The molecule has 0 fully saturated rings. The molecule has 5 nitrogen and oxygen atoms in total. The minimum absolute atomic E-state index is 0.260. The van der Waals surface area contributed by atoms with Crippen LogP contribution in [-0.2, 0) is 6.54 Å². The SMILES string of the molecule is CC(Cn1ccnc1)Nc1c(F)cc(C(=O)O)cc1F. The first-order chi connectivity index (χ1) is 9.47. The molecule has 1 atom stereocenters. The average molecular weight is 281 g/mol. The van der Waals surface area contributed by atoms with E-state index in [1.807, 2.05) is 0 Å². The van der Waals surface area contributed by atoms with Crippen LogP contribution >= 0.6 is 0 Å². The van der Waals surface area contributed by atoms with Gasteiger partial charge in [0.15, 0.2) is 0 Å². The van der Waals surface area contributed by atoms with Gasteiger partial charge in [-0.2, -0.15) is 0 Å². The Bertz CT molecular complexity index is 591. The summed E-state index contributed by atoms with van der Waals surface area (Å²) in [5.74, 6) is -3.24. The van der Waals surface area contributed by atoms with Gasteiger partial charge >= 0.3 is 5.97 Å². The van der Waals surface area contributed by atoms with Gasteiger partial charge in [0.2, 0.25) is 0 Å². The van der Waals surface area contributed by atoms with Crippen LogP contribution in [0.3, 0.4) is 0 Å². The largest absolute Gasteiger partial charge is 0.478 e. The van der Waals surface area contributed by atoms with Gasteiger partial charge < -0.3 is 15.0 Å². The number of nitrogens with zero attached hydrogens (tertiary/aromatic N) is 2. The fourth-order valence-electron chi connectivity index (χ4n) is 1.84. The molecule has 0 saturated carbocycles. The minimum atomic E-state index is -1.37. The number of hydrogen-bond donors (Lipinski definition) is 2. The molecule has 20 heavy (non-hydrogen) atoms. The highest BCUT2D eigenvalue weighted by molar-refractivity contribution is 5.88. The molecule has 2 rings (SSSR count). The van der Waals surface area contributed by atoms with Crippen molar-refractivity contribution in [3.63, 3.8) is 0 Å². The van der Waals surface area contributed by atoms with E-state index in [9.17, 15) is 13.6 Å². The summed E-state index contributed by atoms with van der Waals surface area (Å²) in [5.41, 5.74) is -0.754. The molecule has 0 spiro atoms. The highest BCUT2D eigenvalue weighted by atomic mass is 19.1. The summed E-state index contributed by atoms with van der Waals surface area (Å²) in [6.45, 7) is 2.23. The number of halogens is 2. The van der Waals surface area contributed by atoms with Gasteiger partial charge in [0.25, 0.3) is 0 Å². The molecular weight excluding hydrogens is 268 g/mol. The first-order valence-electron chi connectivity index (χ1n) is 5.92. The zero-order valence-corrected chi connectivity index (χ0v) is 10.7. The highest BCUT2D eigenvalue weighted by Crippen LogP contribution is 2.22. The van der Waals surface area contributed by atoms with Crippen molar-refractivity contribution in [1.82, 2.24) is 9.55 Å². The van der Waals surface area contributed by atoms with E-state index in [-0.39, 0.29) is 11.7 Å². The number of aromatic nitrogens is 2. The number of benzene rings is 1. The number of nitrogens with one attached hydrogen (secondary N) is 1. The lowest BCUT2D eigenvalue weighted by atomic mass is 10.1. The topological polar surface area (TPSA) is 67.2 Å². The molecule has 2 N–H and O–H groups in total. The Morgan fingerprint density at radius 2 is 2.10 bits per heavy atom. The van der Waals surface area contributed by atoms with Crippen molar-refractivity contribution >= 4 is 11.7 Å². The zero-order chi connectivity index (χ0) is 14.7. The fourth-order valence-corrected chi connectivity index (χ4v) is 1.84. The van der Waals surface area contributed by atoms with Gasteiger partial charge in [0.1, 0.15) is 17.3 Å². The van der Waals surface area contributed by atoms with E-state index in [0.717, 1.165) is 12.1 Å². The molecule has 2 aromatic rings. The van der Waals surface area contributed by atoms with Gasteiger partial charge in [0, 0.05) is 25.0 Å². The summed E-state index contributed by atoms with van der Waals surface area (Å²) in [5, 5.41) is 11.4. The Balaban J connectivity index is 2.14. The van der Waals surface area contributed by atoms with Crippen LogP contribution in [0.5, 0.6) is 0 Å². The van der Waals surface area contributed by atoms with Crippen molar-refractivity contribution < 1.29 is 18.7 Å². The number of carbonyl (C=O) groups is 1. The standard InChI is InChI=1S/C13H13F2N3O2/c1-8(6-18-3-2-16-7-18)17-12-10(14)4-9(13(19)20)5-11(12)15/h2-5,7-8,17H,6H2,1H3,(H,19,20). The molecule has 0 aliphatic carbocycles. The van der Waals surface area contributed by atoms with Crippen LogP contribution in [0.1, 0.15) is 17.3 Å². The first-order valence-corrected chi connectivity index (χ1v) is 5.92. The van der Waals surface area contributed by atoms with Crippen molar-refractivity contribution in [2.75, 3.05) is 5.32 Å². The predicted molar refractivity (Wildman–Crippen MR) is 68.6 cm³/mol. The third-order valence-corrected chi connectivity index (χ3v) is 2.72. The molecule has 106 valence electrons. The van der Waals surface area contributed by atoms with Crippen molar-refractivity contribution in [2.24, 2.45) is 0 Å². The minimum Gasteiger partial charge on any atom is -0.478 e. The Hall–Kier alpha value is -2.44. The van der Waals surface area contributed by atoms with Crippen molar-refractivity contribution in [2.45, 2.75) is 19.5 Å². The maximum atomic E-state index is 13.7. The number of carboxylic acids is 1. The number of hydrogen-bond acceptors (Lipinski definition) is 3. The molecule has 1 unspecified atom stereocenters. The van der Waals surface area contributed by atoms with E-state index < -0.39 is 23.2 Å². The lowest BCUT2D eigenvalue weighted by molar-refractivity contribution is 0.0696. The van der Waals surface area contributed by atoms with Crippen molar-refractivity contribution in [3.8, 4) is 0 Å². The zero-order valence-electron chi connectivity index (χ0n) is 10.7. The normalized spacial score (nSPS) is 12.2. The lowest BCUT2D eigenvalue weighted by Gasteiger charge is -2.17. The number of aromatic carboxylic acids is 1. The smallest absolute Gasteiger partial charge is 0.335 e. The maximum absolute atomic E-state index is 13.7. The van der Waals surface area contributed by atoms with Gasteiger partial charge in [-0.25, -0.2) is 18.6 Å². The predicted octanol–water partition coefficient (Wildman–Crippen LogP) is 2.36. The Morgan fingerprint density at radius 3 is 2.60 bits per heavy atom. The van der Waals surface area contributed by atoms with Crippen LogP contribution in [0.15, 0.2) is 30.9 Å². The summed E-state index contributed by atoms with van der Waals surface area (Å²) >= 11 is 0. The summed E-state index contributed by atoms with van der Waals surface area (Å²) in [7, 11) is 0. The van der Waals surface area contributed by atoms with E-state index in [2.05, 4.69) is 10.3 Å². The van der Waals surface area contributed by atoms with Crippen molar-refractivity contribution in [3.05, 3.63) is 48.1 Å². The van der Waals surface area contributed by atoms with Gasteiger partial charge in [0.05, 0.1) is 11.9 Å². The molecule has 1 aromatic carbocycles. The summed E-state index contributed by atoms with van der Waals surface area (Å²) in [6.07, 6.45) is 4.94. The molecule has 0 amide bonds. The van der Waals surface area contributed by atoms with E-state index in [1.165, 1.54) is 0 Å². The number of anilines is 1. The molecule has 7 heteroatoms. The van der Waals surface area contributed by atoms with E-state index in [1.54, 1.807) is 30.2 Å². The lowest BCUT2D eigenvalue weighted by Crippen LogP contribution is -2.22. The molecule has 0 radical (unpaired) electrons. The van der Waals surface area contributed by atoms with Gasteiger partial charge in [-0.3, -0.25) is 0 Å². The van der Waals surface area contributed by atoms with Crippen LogP contribution < -0.4 is 5.32 Å². The van der Waals surface area contributed by atoms with E-state index in [4.69, 9.17) is 5.11 Å². The molecule has 1 heterocycles. The van der Waals surface area contributed by atoms with Gasteiger partial charge in [-0.05, 0) is 19.1 Å². The van der Waals surface area contributed by atoms with E-state index >= 15 is 0 Å².